The molecule has 0 bridgehead atoms. The van der Waals surface area contributed by atoms with E-state index in [1.54, 1.807) is 11.3 Å². The average Bonchev–Trinajstić information content (AvgIpc) is 3.24. The molecule has 2 fully saturated rings. The number of thiazole rings is 1. The number of rotatable bonds is 3. The minimum atomic E-state index is 0.0620. The van der Waals surface area contributed by atoms with E-state index < -0.39 is 0 Å². The summed E-state index contributed by atoms with van der Waals surface area (Å²) in [4.78, 5) is 30.0. The molecule has 4 heterocycles. The van der Waals surface area contributed by atoms with Crippen LogP contribution in [0, 0.1) is 5.92 Å². The van der Waals surface area contributed by atoms with Gasteiger partial charge in [-0.3, -0.25) is 4.79 Å². The number of pyridine rings is 1. The molecule has 5 rings (SSSR count). The molecule has 1 atom stereocenters. The number of piperidine rings is 1. The molecule has 1 amide bonds. The topological polar surface area (TPSA) is 52.6 Å². The van der Waals surface area contributed by atoms with E-state index in [9.17, 15) is 4.79 Å². The van der Waals surface area contributed by atoms with E-state index in [-0.39, 0.29) is 5.92 Å². The van der Waals surface area contributed by atoms with Crippen LogP contribution in [-0.4, -0.2) is 60.0 Å². The third-order valence-electron chi connectivity index (χ3n) is 5.91. The van der Waals surface area contributed by atoms with Crippen molar-refractivity contribution in [3.63, 3.8) is 0 Å². The fourth-order valence-electron chi connectivity index (χ4n) is 4.33. The van der Waals surface area contributed by atoms with Crippen molar-refractivity contribution in [2.24, 2.45) is 5.92 Å². The van der Waals surface area contributed by atoms with Gasteiger partial charge >= 0.3 is 0 Å². The number of para-hydroxylation sites is 1. The number of hydrogen-bond acceptors (Lipinski definition) is 6. The molecule has 0 radical (unpaired) electrons. The van der Waals surface area contributed by atoms with Crippen LogP contribution in [0.2, 0.25) is 0 Å². The Morgan fingerprint density at radius 1 is 0.966 bits per heavy atom. The van der Waals surface area contributed by atoms with E-state index >= 15 is 0 Å². The van der Waals surface area contributed by atoms with Crippen LogP contribution in [0.3, 0.4) is 0 Å². The number of hydrogen-bond donors (Lipinski definition) is 0. The SMILES string of the molecule is O=C([C@@H]1CCCN(c2nc3cccnc3s2)C1)N1CCN(c2ccccc2)CC1. The smallest absolute Gasteiger partial charge is 0.227 e. The molecule has 0 saturated carbocycles. The zero-order valence-electron chi connectivity index (χ0n) is 16.4. The number of fused-ring (bicyclic) bond motifs is 1. The standard InChI is InChI=1S/C22H25N5OS/c28-21(26-14-12-25(13-15-26)18-7-2-1-3-8-18)17-6-5-11-27(16-17)22-24-19-9-4-10-23-20(19)29-22/h1-4,7-10,17H,5-6,11-16H2/t17-/m1/s1. The van der Waals surface area contributed by atoms with Crippen LogP contribution < -0.4 is 9.80 Å². The van der Waals surface area contributed by atoms with Crippen LogP contribution >= 0.6 is 11.3 Å². The summed E-state index contributed by atoms with van der Waals surface area (Å²) < 4.78 is 0. The van der Waals surface area contributed by atoms with Gasteiger partial charge in [-0.1, -0.05) is 29.5 Å². The van der Waals surface area contributed by atoms with E-state index in [1.165, 1.54) is 5.69 Å². The van der Waals surface area contributed by atoms with Gasteiger partial charge in [0.1, 0.15) is 10.3 Å². The van der Waals surface area contributed by atoms with Gasteiger partial charge in [0.25, 0.3) is 0 Å². The van der Waals surface area contributed by atoms with Gasteiger partial charge in [0.2, 0.25) is 5.91 Å². The second-order valence-corrected chi connectivity index (χ2v) is 8.71. The molecule has 2 aliphatic heterocycles. The molecule has 2 aromatic heterocycles. The molecule has 2 aliphatic rings. The zero-order valence-corrected chi connectivity index (χ0v) is 17.2. The highest BCUT2D eigenvalue weighted by atomic mass is 32.1. The molecule has 2 saturated heterocycles. The van der Waals surface area contributed by atoms with Gasteiger partial charge in [0.15, 0.2) is 5.13 Å². The number of benzene rings is 1. The second-order valence-electron chi connectivity index (χ2n) is 7.76. The highest BCUT2D eigenvalue weighted by Gasteiger charge is 2.32. The van der Waals surface area contributed by atoms with Gasteiger partial charge in [-0.2, -0.15) is 0 Å². The first kappa shape index (κ1) is 18.4. The fraction of sp³-hybridized carbons (Fsp3) is 0.409. The minimum absolute atomic E-state index is 0.0620. The predicted octanol–water partition coefficient (Wildman–Crippen LogP) is 3.26. The maximum atomic E-state index is 13.2. The summed E-state index contributed by atoms with van der Waals surface area (Å²) in [7, 11) is 0. The summed E-state index contributed by atoms with van der Waals surface area (Å²) in [6.07, 6.45) is 3.81. The highest BCUT2D eigenvalue weighted by molar-refractivity contribution is 7.21. The number of amides is 1. The first-order valence-corrected chi connectivity index (χ1v) is 11.1. The number of carbonyl (C=O) groups is 1. The Kier molecular flexibility index (Phi) is 5.06. The van der Waals surface area contributed by atoms with Crippen molar-refractivity contribution < 1.29 is 4.79 Å². The maximum absolute atomic E-state index is 13.2. The molecule has 0 spiro atoms. The number of piperazine rings is 1. The Bertz CT molecular complexity index is 950. The van der Waals surface area contributed by atoms with Crippen LogP contribution in [0.25, 0.3) is 10.3 Å². The average molecular weight is 408 g/mol. The lowest BCUT2D eigenvalue weighted by atomic mass is 9.96. The summed E-state index contributed by atoms with van der Waals surface area (Å²) in [5.41, 5.74) is 2.19. The highest BCUT2D eigenvalue weighted by Crippen LogP contribution is 2.31. The van der Waals surface area contributed by atoms with E-state index in [1.807, 2.05) is 24.4 Å². The third kappa shape index (κ3) is 3.79. The Morgan fingerprint density at radius 3 is 2.59 bits per heavy atom. The van der Waals surface area contributed by atoms with Crippen molar-refractivity contribution in [1.29, 1.82) is 0 Å². The third-order valence-corrected chi connectivity index (χ3v) is 6.95. The molecule has 7 heteroatoms. The summed E-state index contributed by atoms with van der Waals surface area (Å²) in [6, 6.07) is 14.4. The van der Waals surface area contributed by atoms with E-state index in [0.29, 0.717) is 5.91 Å². The number of carbonyl (C=O) groups excluding carboxylic acids is 1. The van der Waals surface area contributed by atoms with Gasteiger partial charge in [0, 0.05) is 51.2 Å². The lowest BCUT2D eigenvalue weighted by Gasteiger charge is -2.39. The van der Waals surface area contributed by atoms with Gasteiger partial charge in [0.05, 0.1) is 5.92 Å². The van der Waals surface area contributed by atoms with Gasteiger partial charge < -0.3 is 14.7 Å². The lowest BCUT2D eigenvalue weighted by Crippen LogP contribution is -2.52. The van der Waals surface area contributed by atoms with E-state index in [0.717, 1.165) is 67.6 Å². The molecule has 0 aliphatic carbocycles. The Labute approximate surface area is 174 Å². The summed E-state index contributed by atoms with van der Waals surface area (Å²) in [5.74, 6) is 0.369. The normalized spacial score (nSPS) is 20.3. The number of nitrogens with zero attached hydrogens (tertiary/aromatic N) is 5. The molecule has 150 valence electrons. The van der Waals surface area contributed by atoms with E-state index in [4.69, 9.17) is 4.98 Å². The minimum Gasteiger partial charge on any atom is -0.368 e. The van der Waals surface area contributed by atoms with Crippen LogP contribution in [0.1, 0.15) is 12.8 Å². The molecule has 1 aromatic carbocycles. The van der Waals surface area contributed by atoms with Crippen molar-refractivity contribution in [2.75, 3.05) is 49.1 Å². The van der Waals surface area contributed by atoms with Crippen molar-refractivity contribution >= 4 is 38.4 Å². The van der Waals surface area contributed by atoms with Crippen LogP contribution in [0.4, 0.5) is 10.8 Å². The summed E-state index contributed by atoms with van der Waals surface area (Å²) >= 11 is 1.62. The molecule has 0 unspecified atom stereocenters. The first-order chi connectivity index (χ1) is 14.3. The zero-order chi connectivity index (χ0) is 19.6. The van der Waals surface area contributed by atoms with Gasteiger partial charge in [-0.05, 0) is 37.1 Å². The number of aromatic nitrogens is 2. The predicted molar refractivity (Wildman–Crippen MR) is 118 cm³/mol. The lowest BCUT2D eigenvalue weighted by molar-refractivity contribution is -0.136. The quantitative estimate of drug-likeness (QED) is 0.667. The van der Waals surface area contributed by atoms with Crippen molar-refractivity contribution in [2.45, 2.75) is 12.8 Å². The van der Waals surface area contributed by atoms with Crippen molar-refractivity contribution in [3.05, 3.63) is 48.7 Å². The van der Waals surface area contributed by atoms with Gasteiger partial charge in [-0.25, -0.2) is 9.97 Å². The van der Waals surface area contributed by atoms with Gasteiger partial charge in [-0.15, -0.1) is 0 Å². The maximum Gasteiger partial charge on any atom is 0.227 e. The van der Waals surface area contributed by atoms with Crippen molar-refractivity contribution in [1.82, 2.24) is 14.9 Å². The Hall–Kier alpha value is -2.67. The molecule has 29 heavy (non-hydrogen) atoms. The monoisotopic (exact) mass is 407 g/mol. The molecular formula is C22H25N5OS. The fourth-order valence-corrected chi connectivity index (χ4v) is 5.27. The Balaban J connectivity index is 1.22. The molecule has 3 aromatic rings. The molecule has 0 N–H and O–H groups in total. The Morgan fingerprint density at radius 2 is 1.79 bits per heavy atom. The summed E-state index contributed by atoms with van der Waals surface area (Å²) in [5, 5.41) is 0.991. The molecule has 6 nitrogen and oxygen atoms in total. The van der Waals surface area contributed by atoms with Crippen molar-refractivity contribution in [3.8, 4) is 0 Å². The summed E-state index contributed by atoms with van der Waals surface area (Å²) in [6.45, 7) is 5.12. The van der Waals surface area contributed by atoms with Crippen LogP contribution in [0.5, 0.6) is 0 Å². The second kappa shape index (κ2) is 7.99. The van der Waals surface area contributed by atoms with E-state index in [2.05, 4.69) is 43.9 Å². The van der Waals surface area contributed by atoms with Crippen LogP contribution in [0.15, 0.2) is 48.7 Å². The largest absolute Gasteiger partial charge is 0.368 e. The molecular weight excluding hydrogens is 382 g/mol. The van der Waals surface area contributed by atoms with Crippen LogP contribution in [-0.2, 0) is 4.79 Å². The number of anilines is 2. The first-order valence-electron chi connectivity index (χ1n) is 10.3.